The molecule has 0 atom stereocenters. The largest absolute Gasteiger partial charge is 0.0629 e. The second kappa shape index (κ2) is 9.22. The summed E-state index contributed by atoms with van der Waals surface area (Å²) in [5.74, 6) is 0. The normalized spacial score (nSPS) is 14.3. The van der Waals surface area contributed by atoms with Crippen LogP contribution in [0.15, 0.2) is 158 Å². The molecule has 40 heavy (non-hydrogen) atoms. The standard InChI is InChI=1S/C40H26/c1-2-12-28(13-3-1)39-34-18-8-10-20-36(34)40(37-21-11-9-19-35(37)39)29-24-22-27(23-25-29)38-26-30-14-4-5-15-31(30)32-16-6-7-17-33(32)38/h1-26H/i8D,9D,10D,11D,18D,19D,20D,21D. The van der Waals surface area contributed by atoms with E-state index in [0.717, 1.165) is 32.7 Å². The van der Waals surface area contributed by atoms with Gasteiger partial charge in [-0.2, -0.15) is 0 Å². The molecule has 0 bridgehead atoms. The zero-order chi connectivity index (χ0) is 33.4. The summed E-state index contributed by atoms with van der Waals surface area (Å²) in [6.07, 6.45) is 0. The molecule has 0 aliphatic carbocycles. The van der Waals surface area contributed by atoms with Gasteiger partial charge in [0.25, 0.3) is 0 Å². The van der Waals surface area contributed by atoms with E-state index < -0.39 is 24.2 Å². The van der Waals surface area contributed by atoms with Crippen LogP contribution in [0.1, 0.15) is 11.0 Å². The molecule has 0 aromatic heterocycles. The van der Waals surface area contributed by atoms with Gasteiger partial charge in [0.1, 0.15) is 0 Å². The highest BCUT2D eigenvalue weighted by Crippen LogP contribution is 2.44. The highest BCUT2D eigenvalue weighted by Gasteiger charge is 2.16. The molecule has 0 aliphatic rings. The number of hydrogen-bond acceptors (Lipinski definition) is 0. The lowest BCUT2D eigenvalue weighted by Gasteiger charge is -2.18. The first-order chi connectivity index (χ1) is 23.2. The third-order valence-corrected chi connectivity index (χ3v) is 7.69. The average molecular weight is 515 g/mol. The predicted octanol–water partition coefficient (Wildman–Crippen LogP) is 11.3. The van der Waals surface area contributed by atoms with Crippen LogP contribution in [0.2, 0.25) is 0 Å². The maximum Gasteiger partial charge on any atom is 0.0629 e. The Morgan fingerprint density at radius 3 is 1.40 bits per heavy atom. The van der Waals surface area contributed by atoms with Gasteiger partial charge in [-0.3, -0.25) is 0 Å². The minimum Gasteiger partial charge on any atom is -0.0622 e. The van der Waals surface area contributed by atoms with E-state index >= 15 is 0 Å². The summed E-state index contributed by atoms with van der Waals surface area (Å²) in [6, 6.07) is 32.7. The van der Waals surface area contributed by atoms with Crippen molar-refractivity contribution in [1.29, 1.82) is 0 Å². The molecule has 0 fully saturated rings. The maximum atomic E-state index is 9.13. The van der Waals surface area contributed by atoms with Gasteiger partial charge in [0.15, 0.2) is 0 Å². The summed E-state index contributed by atoms with van der Waals surface area (Å²) < 4.78 is 70.8. The van der Waals surface area contributed by atoms with E-state index in [1.807, 2.05) is 54.6 Å². The first kappa shape index (κ1) is 16.0. The molecule has 0 radical (unpaired) electrons. The molecule has 0 saturated carbocycles. The highest BCUT2D eigenvalue weighted by atomic mass is 14.2. The van der Waals surface area contributed by atoms with Crippen LogP contribution in [0.5, 0.6) is 0 Å². The lowest BCUT2D eigenvalue weighted by Crippen LogP contribution is -1.91. The van der Waals surface area contributed by atoms with Crippen molar-refractivity contribution < 1.29 is 11.0 Å². The van der Waals surface area contributed by atoms with Crippen molar-refractivity contribution in [1.82, 2.24) is 0 Å². The molecule has 8 rings (SSSR count). The molecular weight excluding hydrogens is 480 g/mol. The number of rotatable bonds is 3. The first-order valence-corrected chi connectivity index (χ1v) is 13.2. The molecule has 0 heterocycles. The van der Waals surface area contributed by atoms with E-state index in [9.17, 15) is 0 Å². The molecule has 8 aromatic rings. The molecule has 0 amide bonds. The van der Waals surface area contributed by atoms with Crippen molar-refractivity contribution in [2.24, 2.45) is 0 Å². The van der Waals surface area contributed by atoms with Gasteiger partial charge in [-0.05, 0) is 82.5 Å². The Labute approximate surface area is 245 Å². The lowest BCUT2D eigenvalue weighted by molar-refractivity contribution is 1.64. The third-order valence-electron chi connectivity index (χ3n) is 7.69. The minimum absolute atomic E-state index is 0.210. The summed E-state index contributed by atoms with van der Waals surface area (Å²) in [4.78, 5) is 0. The summed E-state index contributed by atoms with van der Waals surface area (Å²) in [7, 11) is 0. The summed E-state index contributed by atoms with van der Waals surface area (Å²) >= 11 is 0. The van der Waals surface area contributed by atoms with Crippen molar-refractivity contribution >= 4 is 43.1 Å². The van der Waals surface area contributed by atoms with Crippen LogP contribution in [0.3, 0.4) is 0 Å². The van der Waals surface area contributed by atoms with E-state index in [1.54, 1.807) is 24.3 Å². The molecule has 186 valence electrons. The second-order valence-electron chi connectivity index (χ2n) is 9.88. The van der Waals surface area contributed by atoms with Crippen LogP contribution >= 0.6 is 0 Å². The Hall–Kier alpha value is -5.20. The molecule has 0 heteroatoms. The van der Waals surface area contributed by atoms with Crippen molar-refractivity contribution in [3.8, 4) is 33.4 Å². The summed E-state index contributed by atoms with van der Waals surface area (Å²) in [6.45, 7) is 0. The zero-order valence-electron chi connectivity index (χ0n) is 29.4. The van der Waals surface area contributed by atoms with E-state index in [0.29, 0.717) is 22.3 Å². The van der Waals surface area contributed by atoms with Gasteiger partial charge >= 0.3 is 0 Å². The van der Waals surface area contributed by atoms with Crippen LogP contribution in [0, 0.1) is 0 Å². The van der Waals surface area contributed by atoms with Crippen molar-refractivity contribution in [3.05, 3.63) is 158 Å². The van der Waals surface area contributed by atoms with Crippen LogP contribution in [0.4, 0.5) is 0 Å². The van der Waals surface area contributed by atoms with Crippen LogP contribution in [0.25, 0.3) is 76.5 Å². The molecule has 0 spiro atoms. The Morgan fingerprint density at radius 1 is 0.350 bits per heavy atom. The molecule has 0 nitrogen and oxygen atoms in total. The Bertz CT molecular complexity index is 2550. The monoisotopic (exact) mass is 514 g/mol. The first-order valence-electron chi connectivity index (χ1n) is 17.2. The third kappa shape index (κ3) is 3.54. The van der Waals surface area contributed by atoms with E-state index in [2.05, 4.69) is 30.3 Å². The van der Waals surface area contributed by atoms with Gasteiger partial charge in [0.2, 0.25) is 0 Å². The van der Waals surface area contributed by atoms with Crippen molar-refractivity contribution in [3.63, 3.8) is 0 Å². The van der Waals surface area contributed by atoms with Gasteiger partial charge in [-0.25, -0.2) is 0 Å². The predicted molar refractivity (Wildman–Crippen MR) is 173 cm³/mol. The fourth-order valence-electron chi connectivity index (χ4n) is 5.92. The van der Waals surface area contributed by atoms with Gasteiger partial charge < -0.3 is 0 Å². The summed E-state index contributed by atoms with van der Waals surface area (Å²) in [5, 5.41) is 5.34. The van der Waals surface area contributed by atoms with E-state index in [4.69, 9.17) is 11.0 Å². The van der Waals surface area contributed by atoms with Crippen LogP contribution in [-0.4, -0.2) is 0 Å². The van der Waals surface area contributed by atoms with E-state index in [1.165, 1.54) is 0 Å². The zero-order valence-corrected chi connectivity index (χ0v) is 21.4. The molecule has 8 aromatic carbocycles. The van der Waals surface area contributed by atoms with E-state index in [-0.39, 0.29) is 45.7 Å². The SMILES string of the molecule is [2H]c1c([2H])c([2H])c2c(-c3ccc(-c4cc5ccccc5c5ccccc45)cc3)c3c([2H])c([2H])c([2H])c([2H])c3c(-c3ccccc3)c2c1[2H]. The fraction of sp³-hybridized carbons (Fsp3) is 0. The smallest absolute Gasteiger partial charge is 0.0622 e. The molecule has 0 aliphatic heterocycles. The Balaban J connectivity index is 1.51. The maximum absolute atomic E-state index is 9.13. The Kier molecular flexibility index (Phi) is 3.70. The van der Waals surface area contributed by atoms with Gasteiger partial charge in [-0.15, -0.1) is 0 Å². The van der Waals surface area contributed by atoms with Crippen LogP contribution < -0.4 is 0 Å². The topological polar surface area (TPSA) is 0 Å². The number of hydrogen-bond donors (Lipinski definition) is 0. The number of fused-ring (bicyclic) bond motifs is 5. The Morgan fingerprint density at radius 2 is 0.800 bits per heavy atom. The van der Waals surface area contributed by atoms with Gasteiger partial charge in [-0.1, -0.05) is 151 Å². The van der Waals surface area contributed by atoms with Gasteiger partial charge in [0.05, 0.1) is 11.0 Å². The molecular formula is C40H26. The highest BCUT2D eigenvalue weighted by molar-refractivity contribution is 6.21. The van der Waals surface area contributed by atoms with Gasteiger partial charge in [0, 0.05) is 0 Å². The van der Waals surface area contributed by atoms with Crippen molar-refractivity contribution in [2.45, 2.75) is 0 Å². The fourth-order valence-corrected chi connectivity index (χ4v) is 5.92. The minimum atomic E-state index is -0.410. The quantitative estimate of drug-likeness (QED) is 0.162. The van der Waals surface area contributed by atoms with Crippen molar-refractivity contribution in [2.75, 3.05) is 0 Å². The number of benzene rings is 8. The molecule has 0 unspecified atom stereocenters. The van der Waals surface area contributed by atoms with Crippen LogP contribution in [-0.2, 0) is 0 Å². The molecule has 0 saturated heterocycles. The summed E-state index contributed by atoms with van der Waals surface area (Å²) in [5.41, 5.74) is 3.84. The molecule has 0 N–H and O–H groups in total. The average Bonchev–Trinajstić information content (AvgIpc) is 3.13. The lowest BCUT2D eigenvalue weighted by atomic mass is 9.85. The second-order valence-corrected chi connectivity index (χ2v) is 9.88.